The summed E-state index contributed by atoms with van der Waals surface area (Å²) in [6, 6.07) is 4.62. The molecule has 0 spiro atoms. The number of ether oxygens (including phenoxy) is 1. The summed E-state index contributed by atoms with van der Waals surface area (Å²) < 4.78 is 42.8. The summed E-state index contributed by atoms with van der Waals surface area (Å²) in [5.41, 5.74) is -2.38. The van der Waals surface area contributed by atoms with Gasteiger partial charge in [0, 0.05) is 0 Å². The summed E-state index contributed by atoms with van der Waals surface area (Å²) >= 11 is 0. The van der Waals surface area contributed by atoms with Crippen LogP contribution in [0, 0.1) is 0 Å². The van der Waals surface area contributed by atoms with Gasteiger partial charge in [-0.05, 0) is 57.2 Å². The lowest BCUT2D eigenvalue weighted by atomic mass is 9.65. The van der Waals surface area contributed by atoms with E-state index in [-0.39, 0.29) is 18.8 Å². The maximum atomic E-state index is 12.6. The number of halogens is 3. The molecule has 0 saturated heterocycles. The van der Waals surface area contributed by atoms with Crippen molar-refractivity contribution in [3.05, 3.63) is 35.4 Å². The van der Waals surface area contributed by atoms with Crippen molar-refractivity contribution in [3.8, 4) is 0 Å². The molecule has 8 heteroatoms. The van der Waals surface area contributed by atoms with Gasteiger partial charge in [0.15, 0.2) is 0 Å². The lowest BCUT2D eigenvalue weighted by Gasteiger charge is -2.45. The molecule has 1 saturated carbocycles. The van der Waals surface area contributed by atoms with Gasteiger partial charge >= 0.3 is 18.2 Å². The minimum atomic E-state index is -4.42. The summed E-state index contributed by atoms with van der Waals surface area (Å²) in [6.45, 7) is 4.98. The van der Waals surface area contributed by atoms with Crippen LogP contribution in [0.1, 0.15) is 50.7 Å². The fourth-order valence-corrected chi connectivity index (χ4v) is 2.79. The zero-order valence-corrected chi connectivity index (χ0v) is 14.1. The zero-order valence-electron chi connectivity index (χ0n) is 14.1. The Hall–Kier alpha value is -2.25. The van der Waals surface area contributed by atoms with Crippen LogP contribution in [0.25, 0.3) is 0 Å². The smallest absolute Gasteiger partial charge is 0.416 e. The third-order valence-electron chi connectivity index (χ3n) is 4.05. The van der Waals surface area contributed by atoms with Crippen molar-refractivity contribution < 1.29 is 32.6 Å². The molecule has 1 aromatic carbocycles. The summed E-state index contributed by atoms with van der Waals surface area (Å²) in [7, 11) is 0. The van der Waals surface area contributed by atoms with Crippen molar-refractivity contribution in [2.75, 3.05) is 0 Å². The first-order chi connectivity index (χ1) is 11.3. The van der Waals surface area contributed by atoms with Crippen LogP contribution in [0.4, 0.5) is 18.0 Å². The predicted octanol–water partition coefficient (Wildman–Crippen LogP) is 3.93. The van der Waals surface area contributed by atoms with Crippen LogP contribution in [-0.2, 0) is 15.7 Å². The van der Waals surface area contributed by atoms with Gasteiger partial charge in [0.25, 0.3) is 0 Å². The van der Waals surface area contributed by atoms with Crippen LogP contribution in [0.5, 0.6) is 0 Å². The van der Waals surface area contributed by atoms with Gasteiger partial charge < -0.3 is 15.2 Å². The first-order valence-electron chi connectivity index (χ1n) is 7.74. The molecule has 5 nitrogen and oxygen atoms in total. The molecule has 1 aliphatic rings. The normalized spacial score (nSPS) is 23.5. The van der Waals surface area contributed by atoms with Gasteiger partial charge in [-0.2, -0.15) is 13.2 Å². The maximum absolute atomic E-state index is 12.6. The minimum Gasteiger partial charge on any atom is -0.480 e. The van der Waals surface area contributed by atoms with Crippen LogP contribution in [-0.4, -0.2) is 28.3 Å². The lowest BCUT2D eigenvalue weighted by Crippen LogP contribution is -2.62. The summed E-state index contributed by atoms with van der Waals surface area (Å²) in [5, 5.41) is 11.8. The SMILES string of the molecule is CC(C)(C)OC(=O)NC1(C(=O)O)CC(c2ccc(C(F)(F)F)cc2)C1. The molecule has 1 aromatic rings. The van der Waals surface area contributed by atoms with Crippen LogP contribution >= 0.6 is 0 Å². The van der Waals surface area contributed by atoms with Crippen molar-refractivity contribution in [1.82, 2.24) is 5.32 Å². The van der Waals surface area contributed by atoms with E-state index in [1.54, 1.807) is 20.8 Å². The van der Waals surface area contributed by atoms with E-state index in [1.807, 2.05) is 0 Å². The molecule has 0 bridgehead atoms. The topological polar surface area (TPSA) is 75.6 Å². The molecule has 1 fully saturated rings. The summed E-state index contributed by atoms with van der Waals surface area (Å²) in [5.74, 6) is -1.44. The second-order valence-electron chi connectivity index (χ2n) is 7.24. The van der Waals surface area contributed by atoms with E-state index in [0.717, 1.165) is 12.1 Å². The Bertz CT molecular complexity index is 656. The van der Waals surface area contributed by atoms with Gasteiger partial charge in [-0.25, -0.2) is 9.59 Å². The molecule has 0 atom stereocenters. The number of hydrogen-bond donors (Lipinski definition) is 2. The third-order valence-corrected chi connectivity index (χ3v) is 4.05. The molecule has 1 aliphatic carbocycles. The Labute approximate surface area is 143 Å². The average Bonchev–Trinajstić information content (AvgIpc) is 2.39. The first kappa shape index (κ1) is 19.1. The molecular formula is C17H20F3NO4. The van der Waals surface area contributed by atoms with Crippen LogP contribution in [0.15, 0.2) is 24.3 Å². The van der Waals surface area contributed by atoms with Gasteiger partial charge in [0.2, 0.25) is 0 Å². The standard InChI is InChI=1S/C17H20F3NO4/c1-15(2,3)25-14(24)21-16(13(22)23)8-11(9-16)10-4-6-12(7-5-10)17(18,19)20/h4-7,11H,8-9H2,1-3H3,(H,21,24)(H,22,23). The predicted molar refractivity (Wildman–Crippen MR) is 83.2 cm³/mol. The number of alkyl carbamates (subject to hydrolysis) is 1. The van der Waals surface area contributed by atoms with E-state index in [1.165, 1.54) is 12.1 Å². The highest BCUT2D eigenvalue weighted by atomic mass is 19.4. The van der Waals surface area contributed by atoms with Crippen molar-refractivity contribution in [2.24, 2.45) is 0 Å². The molecule has 2 rings (SSSR count). The largest absolute Gasteiger partial charge is 0.480 e. The van der Waals surface area contributed by atoms with E-state index in [0.29, 0.717) is 5.56 Å². The van der Waals surface area contributed by atoms with Crippen molar-refractivity contribution in [3.63, 3.8) is 0 Å². The second kappa shape index (κ2) is 6.24. The summed E-state index contributed by atoms with van der Waals surface area (Å²) in [6.07, 6.45) is -5.07. The number of amides is 1. The molecule has 0 heterocycles. The van der Waals surface area contributed by atoms with Crippen molar-refractivity contribution >= 4 is 12.1 Å². The van der Waals surface area contributed by atoms with E-state index in [4.69, 9.17) is 4.74 Å². The molecule has 25 heavy (non-hydrogen) atoms. The molecular weight excluding hydrogens is 339 g/mol. The Morgan fingerprint density at radius 1 is 1.16 bits per heavy atom. The Morgan fingerprint density at radius 2 is 1.68 bits per heavy atom. The van der Waals surface area contributed by atoms with Crippen molar-refractivity contribution in [2.45, 2.75) is 56.8 Å². The number of aliphatic carboxylic acids is 1. The lowest BCUT2D eigenvalue weighted by molar-refractivity contribution is -0.149. The number of rotatable bonds is 3. The van der Waals surface area contributed by atoms with Gasteiger partial charge in [0.1, 0.15) is 11.1 Å². The fourth-order valence-electron chi connectivity index (χ4n) is 2.79. The van der Waals surface area contributed by atoms with Crippen molar-refractivity contribution in [1.29, 1.82) is 0 Å². The monoisotopic (exact) mass is 359 g/mol. The average molecular weight is 359 g/mol. The number of benzene rings is 1. The number of carboxylic acids is 1. The Kier molecular flexibility index (Phi) is 4.76. The molecule has 0 aliphatic heterocycles. The zero-order chi connectivity index (χ0) is 19.0. The minimum absolute atomic E-state index is 0.0902. The molecule has 0 aromatic heterocycles. The fraction of sp³-hybridized carbons (Fsp3) is 0.529. The van der Waals surface area contributed by atoms with Crippen LogP contribution in [0.2, 0.25) is 0 Å². The Balaban J connectivity index is 2.05. The quantitative estimate of drug-likeness (QED) is 0.857. The van der Waals surface area contributed by atoms with E-state index in [9.17, 15) is 27.9 Å². The number of hydrogen-bond acceptors (Lipinski definition) is 3. The Morgan fingerprint density at radius 3 is 2.08 bits per heavy atom. The van der Waals surface area contributed by atoms with Gasteiger partial charge in [-0.15, -0.1) is 0 Å². The number of carbonyl (C=O) groups is 2. The number of carboxylic acid groups (broad SMARTS) is 1. The number of carbonyl (C=O) groups excluding carboxylic acids is 1. The maximum Gasteiger partial charge on any atom is 0.416 e. The molecule has 1 amide bonds. The molecule has 2 N–H and O–H groups in total. The number of alkyl halides is 3. The third kappa shape index (κ3) is 4.43. The highest BCUT2D eigenvalue weighted by Crippen LogP contribution is 2.45. The van der Waals surface area contributed by atoms with Gasteiger partial charge in [-0.1, -0.05) is 12.1 Å². The first-order valence-corrected chi connectivity index (χ1v) is 7.74. The highest BCUT2D eigenvalue weighted by Gasteiger charge is 2.52. The highest BCUT2D eigenvalue weighted by molar-refractivity contribution is 5.86. The van der Waals surface area contributed by atoms with Crippen LogP contribution < -0.4 is 5.32 Å². The number of nitrogens with one attached hydrogen (secondary N) is 1. The molecule has 0 radical (unpaired) electrons. The molecule has 0 unspecified atom stereocenters. The second-order valence-corrected chi connectivity index (χ2v) is 7.24. The van der Waals surface area contributed by atoms with E-state index in [2.05, 4.69) is 5.32 Å². The molecule has 138 valence electrons. The van der Waals surface area contributed by atoms with Gasteiger partial charge in [0.05, 0.1) is 5.56 Å². The van der Waals surface area contributed by atoms with Crippen LogP contribution in [0.3, 0.4) is 0 Å². The van der Waals surface area contributed by atoms with Gasteiger partial charge in [-0.3, -0.25) is 0 Å². The summed E-state index contributed by atoms with van der Waals surface area (Å²) in [4.78, 5) is 23.4. The van der Waals surface area contributed by atoms with E-state index >= 15 is 0 Å². The van der Waals surface area contributed by atoms with E-state index < -0.39 is 34.9 Å².